The number of hydrogen-bond acceptors (Lipinski definition) is 5. The van der Waals surface area contributed by atoms with Gasteiger partial charge in [0, 0.05) is 13.1 Å². The first-order valence-electron chi connectivity index (χ1n) is 13.7. The summed E-state index contributed by atoms with van der Waals surface area (Å²) >= 11 is 0. The molecule has 0 heterocycles. The van der Waals surface area contributed by atoms with Crippen LogP contribution in [0.2, 0.25) is 0 Å². The van der Waals surface area contributed by atoms with Crippen molar-refractivity contribution in [1.82, 2.24) is 21.3 Å². The molecule has 0 aliphatic carbocycles. The SMILES string of the molecule is CCC(C)C(NC(=O)O)C(=O)NCCCCCCCNC(=O)C(NC(=O)OCc1ccccc1)C(C)CC. The van der Waals surface area contributed by atoms with Gasteiger partial charge in [0.2, 0.25) is 11.8 Å². The number of carbonyl (C=O) groups excluding carboxylic acids is 3. The highest BCUT2D eigenvalue weighted by molar-refractivity contribution is 5.86. The second-order valence-electron chi connectivity index (χ2n) is 9.73. The van der Waals surface area contributed by atoms with Gasteiger partial charge in [0.1, 0.15) is 18.7 Å². The van der Waals surface area contributed by atoms with E-state index < -0.39 is 24.3 Å². The van der Waals surface area contributed by atoms with E-state index in [4.69, 9.17) is 9.84 Å². The van der Waals surface area contributed by atoms with Crippen LogP contribution in [0.3, 0.4) is 0 Å². The van der Waals surface area contributed by atoms with Gasteiger partial charge in [0.05, 0.1) is 0 Å². The molecule has 10 heteroatoms. The Morgan fingerprint density at radius 3 is 1.71 bits per heavy atom. The zero-order chi connectivity index (χ0) is 28.3. The first kappa shape index (κ1) is 32.7. The lowest BCUT2D eigenvalue weighted by Gasteiger charge is -2.23. The molecule has 5 N–H and O–H groups in total. The zero-order valence-corrected chi connectivity index (χ0v) is 23.3. The predicted octanol–water partition coefficient (Wildman–Crippen LogP) is 4.19. The molecule has 0 saturated carbocycles. The van der Waals surface area contributed by atoms with Crippen LogP contribution >= 0.6 is 0 Å². The van der Waals surface area contributed by atoms with Crippen LogP contribution in [-0.4, -0.2) is 54.3 Å². The molecule has 38 heavy (non-hydrogen) atoms. The summed E-state index contributed by atoms with van der Waals surface area (Å²) in [5, 5.41) is 19.7. The van der Waals surface area contributed by atoms with Gasteiger partial charge in [-0.1, -0.05) is 90.1 Å². The fourth-order valence-corrected chi connectivity index (χ4v) is 3.85. The van der Waals surface area contributed by atoms with Crippen LogP contribution in [-0.2, 0) is 20.9 Å². The van der Waals surface area contributed by atoms with E-state index in [1.54, 1.807) is 0 Å². The topological polar surface area (TPSA) is 146 Å². The molecular weight excluding hydrogens is 488 g/mol. The minimum absolute atomic E-state index is 0.0416. The lowest BCUT2D eigenvalue weighted by atomic mass is 9.98. The van der Waals surface area contributed by atoms with Crippen molar-refractivity contribution in [1.29, 1.82) is 0 Å². The highest BCUT2D eigenvalue weighted by Crippen LogP contribution is 2.10. The number of carbonyl (C=O) groups is 4. The number of nitrogens with one attached hydrogen (secondary N) is 4. The molecule has 10 nitrogen and oxygen atoms in total. The molecule has 0 spiro atoms. The Morgan fingerprint density at radius 2 is 1.24 bits per heavy atom. The van der Waals surface area contributed by atoms with Crippen molar-refractivity contribution in [3.63, 3.8) is 0 Å². The van der Waals surface area contributed by atoms with Crippen LogP contribution < -0.4 is 21.3 Å². The fraction of sp³-hybridized carbons (Fsp3) is 0.643. The number of hydrogen-bond donors (Lipinski definition) is 5. The molecule has 1 aromatic carbocycles. The maximum Gasteiger partial charge on any atom is 0.408 e. The van der Waals surface area contributed by atoms with Crippen molar-refractivity contribution < 1.29 is 29.0 Å². The average Bonchev–Trinajstić information content (AvgIpc) is 2.91. The molecule has 0 fully saturated rings. The van der Waals surface area contributed by atoms with E-state index in [0.29, 0.717) is 19.5 Å². The Hall–Kier alpha value is -3.30. The van der Waals surface area contributed by atoms with Crippen molar-refractivity contribution in [2.24, 2.45) is 11.8 Å². The Morgan fingerprint density at radius 1 is 0.763 bits per heavy atom. The van der Waals surface area contributed by atoms with Gasteiger partial charge in [-0.15, -0.1) is 0 Å². The molecule has 4 unspecified atom stereocenters. The largest absolute Gasteiger partial charge is 0.465 e. The van der Waals surface area contributed by atoms with Crippen LogP contribution in [0.25, 0.3) is 0 Å². The Balaban J connectivity index is 2.26. The van der Waals surface area contributed by atoms with Gasteiger partial charge in [-0.25, -0.2) is 9.59 Å². The van der Waals surface area contributed by atoms with Gasteiger partial charge < -0.3 is 31.1 Å². The van der Waals surface area contributed by atoms with Gasteiger partial charge in [-0.2, -0.15) is 0 Å². The number of unbranched alkanes of at least 4 members (excludes halogenated alkanes) is 4. The summed E-state index contributed by atoms with van der Waals surface area (Å²) in [4.78, 5) is 48.2. The number of carboxylic acid groups (broad SMARTS) is 1. The summed E-state index contributed by atoms with van der Waals surface area (Å²) < 4.78 is 5.27. The summed E-state index contributed by atoms with van der Waals surface area (Å²) in [5.41, 5.74) is 0.875. The summed E-state index contributed by atoms with van der Waals surface area (Å²) in [6.45, 7) is 8.80. The van der Waals surface area contributed by atoms with E-state index >= 15 is 0 Å². The molecule has 0 radical (unpaired) electrons. The van der Waals surface area contributed by atoms with Gasteiger partial charge >= 0.3 is 12.2 Å². The molecule has 4 amide bonds. The molecule has 0 bridgehead atoms. The standard InChI is InChI=1S/C28H46N4O6/c1-5-20(3)23(31-27(35)36)25(33)29-17-13-8-7-9-14-18-30-26(34)24(21(4)6-2)32-28(37)38-19-22-15-11-10-12-16-22/h10-12,15-16,20-21,23-24,31H,5-9,13-14,17-19H2,1-4H3,(H,29,33)(H,30,34)(H,32,37)(H,35,36). The fourth-order valence-electron chi connectivity index (χ4n) is 3.85. The Labute approximate surface area is 226 Å². The van der Waals surface area contributed by atoms with Crippen molar-refractivity contribution in [3.8, 4) is 0 Å². The average molecular weight is 535 g/mol. The monoisotopic (exact) mass is 534 g/mol. The normalized spacial score (nSPS) is 13.9. The molecule has 0 aromatic heterocycles. The molecule has 0 aliphatic heterocycles. The number of benzene rings is 1. The quantitative estimate of drug-likeness (QED) is 0.179. The second-order valence-corrected chi connectivity index (χ2v) is 9.73. The molecule has 214 valence electrons. The summed E-state index contributed by atoms with van der Waals surface area (Å²) in [6, 6.07) is 7.95. The van der Waals surface area contributed by atoms with Gasteiger partial charge in [-0.05, 0) is 30.2 Å². The number of rotatable bonds is 18. The van der Waals surface area contributed by atoms with E-state index in [9.17, 15) is 19.2 Å². The minimum Gasteiger partial charge on any atom is -0.465 e. The van der Waals surface area contributed by atoms with E-state index in [-0.39, 0.29) is 30.3 Å². The third-order valence-electron chi connectivity index (χ3n) is 6.71. The van der Waals surface area contributed by atoms with Crippen LogP contribution in [0.5, 0.6) is 0 Å². The Bertz CT molecular complexity index is 851. The third kappa shape index (κ3) is 13.3. The van der Waals surface area contributed by atoms with Crippen molar-refractivity contribution >= 4 is 24.0 Å². The van der Waals surface area contributed by atoms with Crippen molar-refractivity contribution in [2.45, 2.75) is 91.3 Å². The number of alkyl carbamates (subject to hydrolysis) is 1. The smallest absolute Gasteiger partial charge is 0.408 e. The van der Waals surface area contributed by atoms with Crippen LogP contribution in [0.1, 0.15) is 78.2 Å². The number of amides is 4. The van der Waals surface area contributed by atoms with Gasteiger partial charge in [0.25, 0.3) is 0 Å². The maximum absolute atomic E-state index is 12.7. The predicted molar refractivity (Wildman–Crippen MR) is 147 cm³/mol. The van der Waals surface area contributed by atoms with Gasteiger partial charge in [-0.3, -0.25) is 9.59 Å². The molecule has 1 aromatic rings. The van der Waals surface area contributed by atoms with E-state index in [1.165, 1.54) is 0 Å². The summed E-state index contributed by atoms with van der Waals surface area (Å²) in [7, 11) is 0. The van der Waals surface area contributed by atoms with E-state index in [2.05, 4.69) is 21.3 Å². The summed E-state index contributed by atoms with van der Waals surface area (Å²) in [6.07, 6.45) is 4.00. The molecule has 1 rings (SSSR count). The third-order valence-corrected chi connectivity index (χ3v) is 6.71. The lowest BCUT2D eigenvalue weighted by molar-refractivity contribution is -0.124. The molecule has 0 saturated heterocycles. The molecular formula is C28H46N4O6. The molecule has 0 aliphatic rings. The van der Waals surface area contributed by atoms with Crippen LogP contribution in [0.15, 0.2) is 30.3 Å². The highest BCUT2D eigenvalue weighted by atomic mass is 16.5. The van der Waals surface area contributed by atoms with E-state index in [0.717, 1.165) is 44.1 Å². The van der Waals surface area contributed by atoms with Crippen LogP contribution in [0.4, 0.5) is 9.59 Å². The summed E-state index contributed by atoms with van der Waals surface area (Å²) in [5.74, 6) is -0.640. The van der Waals surface area contributed by atoms with Crippen LogP contribution in [0, 0.1) is 11.8 Å². The van der Waals surface area contributed by atoms with E-state index in [1.807, 2.05) is 58.0 Å². The lowest BCUT2D eigenvalue weighted by Crippen LogP contribution is -2.50. The first-order valence-corrected chi connectivity index (χ1v) is 13.7. The maximum atomic E-state index is 12.7. The highest BCUT2D eigenvalue weighted by Gasteiger charge is 2.26. The van der Waals surface area contributed by atoms with Gasteiger partial charge in [0.15, 0.2) is 0 Å². The minimum atomic E-state index is -1.20. The number of ether oxygens (including phenoxy) is 1. The first-order chi connectivity index (χ1) is 18.2. The van der Waals surface area contributed by atoms with Crippen molar-refractivity contribution in [2.75, 3.05) is 13.1 Å². The van der Waals surface area contributed by atoms with Crippen molar-refractivity contribution in [3.05, 3.63) is 35.9 Å². The second kappa shape index (κ2) is 18.9. The molecule has 4 atom stereocenters. The Kier molecular flexibility index (Phi) is 16.3. The zero-order valence-electron chi connectivity index (χ0n) is 23.3.